The molecule has 0 spiro atoms. The molecule has 0 radical (unpaired) electrons. The monoisotopic (exact) mass is 214 g/mol. The Balaban J connectivity index is 1.59. The van der Waals surface area contributed by atoms with Gasteiger partial charge in [-0.3, -0.25) is 0 Å². The molecular formula is C14H18N2. The lowest BCUT2D eigenvalue weighted by Crippen LogP contribution is -1.88. The van der Waals surface area contributed by atoms with E-state index in [1.807, 2.05) is 6.20 Å². The molecule has 0 atom stereocenters. The predicted molar refractivity (Wildman–Crippen MR) is 66.3 cm³/mol. The summed E-state index contributed by atoms with van der Waals surface area (Å²) in [6, 6.07) is 10.7. The number of rotatable bonds is 6. The van der Waals surface area contributed by atoms with Crippen molar-refractivity contribution in [1.82, 2.24) is 9.97 Å². The minimum Gasteiger partial charge on any atom is -0.348 e. The second-order valence-corrected chi connectivity index (χ2v) is 4.12. The van der Waals surface area contributed by atoms with Crippen LogP contribution in [0.25, 0.3) is 0 Å². The van der Waals surface area contributed by atoms with Gasteiger partial charge in [0, 0.05) is 11.9 Å². The fraction of sp³-hybridized carbons (Fsp3) is 0.357. The topological polar surface area (TPSA) is 28.7 Å². The zero-order valence-corrected chi connectivity index (χ0v) is 9.52. The van der Waals surface area contributed by atoms with E-state index in [4.69, 9.17) is 0 Å². The zero-order chi connectivity index (χ0) is 11.1. The van der Waals surface area contributed by atoms with Gasteiger partial charge in [0.2, 0.25) is 0 Å². The number of aryl methyl sites for hydroxylation is 2. The van der Waals surface area contributed by atoms with Crippen LogP contribution in [0.15, 0.2) is 42.9 Å². The lowest BCUT2D eigenvalue weighted by molar-refractivity contribution is 0.673. The second-order valence-electron chi connectivity index (χ2n) is 4.12. The average Bonchev–Trinajstić information content (AvgIpc) is 2.83. The lowest BCUT2D eigenvalue weighted by Gasteiger charge is -2.01. The fourth-order valence-electron chi connectivity index (χ4n) is 1.89. The van der Waals surface area contributed by atoms with E-state index >= 15 is 0 Å². The minimum absolute atomic E-state index is 1.12. The smallest absolute Gasteiger partial charge is 0.0921 e. The van der Waals surface area contributed by atoms with Crippen LogP contribution in [0.3, 0.4) is 0 Å². The maximum atomic E-state index is 4.01. The molecule has 2 nitrogen and oxygen atoms in total. The summed E-state index contributed by atoms with van der Waals surface area (Å²) in [5.74, 6) is 0. The van der Waals surface area contributed by atoms with Crippen LogP contribution in [0, 0.1) is 0 Å². The van der Waals surface area contributed by atoms with Gasteiger partial charge in [0.25, 0.3) is 0 Å². The summed E-state index contributed by atoms with van der Waals surface area (Å²) in [4.78, 5) is 7.15. The molecule has 2 heteroatoms. The molecule has 0 aliphatic carbocycles. The molecule has 0 bridgehead atoms. The van der Waals surface area contributed by atoms with Crippen molar-refractivity contribution in [2.24, 2.45) is 0 Å². The van der Waals surface area contributed by atoms with Crippen molar-refractivity contribution in [3.05, 3.63) is 54.1 Å². The number of H-pyrrole nitrogens is 1. The highest BCUT2D eigenvalue weighted by atomic mass is 14.9. The van der Waals surface area contributed by atoms with E-state index in [0.717, 1.165) is 6.42 Å². The van der Waals surface area contributed by atoms with Crippen molar-refractivity contribution >= 4 is 0 Å². The summed E-state index contributed by atoms with van der Waals surface area (Å²) in [5, 5.41) is 0. The van der Waals surface area contributed by atoms with Crippen LogP contribution in [0.2, 0.25) is 0 Å². The SMILES string of the molecule is c1ccc(CCCCCc2cnc[nH]2)cc1. The molecule has 1 N–H and O–H groups in total. The largest absolute Gasteiger partial charge is 0.348 e. The summed E-state index contributed by atoms with van der Waals surface area (Å²) in [6.45, 7) is 0. The molecule has 2 rings (SSSR count). The van der Waals surface area contributed by atoms with E-state index in [9.17, 15) is 0 Å². The van der Waals surface area contributed by atoms with Gasteiger partial charge in [0.15, 0.2) is 0 Å². The predicted octanol–water partition coefficient (Wildman–Crippen LogP) is 3.37. The first-order valence-electron chi connectivity index (χ1n) is 5.96. The Labute approximate surface area is 96.7 Å². The Morgan fingerprint density at radius 3 is 2.50 bits per heavy atom. The quantitative estimate of drug-likeness (QED) is 0.734. The van der Waals surface area contributed by atoms with Gasteiger partial charge in [0.1, 0.15) is 0 Å². The molecule has 16 heavy (non-hydrogen) atoms. The molecule has 0 unspecified atom stereocenters. The van der Waals surface area contributed by atoms with Gasteiger partial charge in [-0.05, 0) is 31.2 Å². The zero-order valence-electron chi connectivity index (χ0n) is 9.52. The normalized spacial score (nSPS) is 10.5. The highest BCUT2D eigenvalue weighted by molar-refractivity contribution is 5.14. The number of aromatic nitrogens is 2. The van der Waals surface area contributed by atoms with Crippen LogP contribution in [-0.2, 0) is 12.8 Å². The molecular weight excluding hydrogens is 196 g/mol. The van der Waals surface area contributed by atoms with E-state index < -0.39 is 0 Å². The molecule has 0 aliphatic rings. The number of imidazole rings is 1. The van der Waals surface area contributed by atoms with E-state index in [1.165, 1.54) is 36.9 Å². The Kier molecular flexibility index (Phi) is 4.17. The lowest BCUT2D eigenvalue weighted by atomic mass is 10.1. The van der Waals surface area contributed by atoms with Crippen molar-refractivity contribution in [1.29, 1.82) is 0 Å². The molecule has 0 amide bonds. The highest BCUT2D eigenvalue weighted by Gasteiger charge is 1.95. The number of aromatic amines is 1. The molecule has 2 aromatic rings. The van der Waals surface area contributed by atoms with Crippen LogP contribution >= 0.6 is 0 Å². The number of hydrogen-bond donors (Lipinski definition) is 1. The molecule has 0 aliphatic heterocycles. The molecule has 0 saturated carbocycles. The summed E-state index contributed by atoms with van der Waals surface area (Å²) in [6.07, 6.45) is 9.79. The first-order valence-corrected chi connectivity index (χ1v) is 5.96. The van der Waals surface area contributed by atoms with Crippen LogP contribution < -0.4 is 0 Å². The third kappa shape index (κ3) is 3.54. The van der Waals surface area contributed by atoms with E-state index in [2.05, 4.69) is 40.3 Å². The van der Waals surface area contributed by atoms with Crippen molar-refractivity contribution < 1.29 is 0 Å². The van der Waals surface area contributed by atoms with Gasteiger partial charge in [-0.15, -0.1) is 0 Å². The highest BCUT2D eigenvalue weighted by Crippen LogP contribution is 2.08. The maximum Gasteiger partial charge on any atom is 0.0921 e. The third-order valence-corrected chi connectivity index (χ3v) is 2.81. The van der Waals surface area contributed by atoms with Gasteiger partial charge in [-0.2, -0.15) is 0 Å². The van der Waals surface area contributed by atoms with Crippen molar-refractivity contribution in [3.8, 4) is 0 Å². The number of hydrogen-bond acceptors (Lipinski definition) is 1. The van der Waals surface area contributed by atoms with Crippen LogP contribution in [0.5, 0.6) is 0 Å². The number of unbranched alkanes of at least 4 members (excludes halogenated alkanes) is 2. The molecule has 1 aromatic carbocycles. The second kappa shape index (κ2) is 6.11. The third-order valence-electron chi connectivity index (χ3n) is 2.81. The first kappa shape index (κ1) is 10.9. The van der Waals surface area contributed by atoms with Crippen molar-refractivity contribution in [2.45, 2.75) is 32.1 Å². The van der Waals surface area contributed by atoms with Crippen molar-refractivity contribution in [2.75, 3.05) is 0 Å². The molecule has 0 fully saturated rings. The summed E-state index contributed by atoms with van der Waals surface area (Å²) in [5.41, 5.74) is 2.70. The minimum atomic E-state index is 1.12. The number of benzene rings is 1. The van der Waals surface area contributed by atoms with Crippen LogP contribution in [-0.4, -0.2) is 9.97 Å². The number of nitrogens with zero attached hydrogens (tertiary/aromatic N) is 1. The molecule has 84 valence electrons. The summed E-state index contributed by atoms with van der Waals surface area (Å²) in [7, 11) is 0. The van der Waals surface area contributed by atoms with Gasteiger partial charge in [-0.1, -0.05) is 36.8 Å². The van der Waals surface area contributed by atoms with Crippen molar-refractivity contribution in [3.63, 3.8) is 0 Å². The number of nitrogens with one attached hydrogen (secondary N) is 1. The fourth-order valence-corrected chi connectivity index (χ4v) is 1.89. The Morgan fingerprint density at radius 1 is 0.938 bits per heavy atom. The van der Waals surface area contributed by atoms with Gasteiger partial charge < -0.3 is 4.98 Å². The van der Waals surface area contributed by atoms with Crippen LogP contribution in [0.1, 0.15) is 30.5 Å². The maximum absolute atomic E-state index is 4.01. The van der Waals surface area contributed by atoms with Gasteiger partial charge in [0.05, 0.1) is 6.33 Å². The van der Waals surface area contributed by atoms with Gasteiger partial charge >= 0.3 is 0 Å². The summed E-state index contributed by atoms with van der Waals surface area (Å²) >= 11 is 0. The molecule has 0 saturated heterocycles. The van der Waals surface area contributed by atoms with Gasteiger partial charge in [-0.25, -0.2) is 4.98 Å². The van der Waals surface area contributed by atoms with E-state index in [1.54, 1.807) is 6.33 Å². The van der Waals surface area contributed by atoms with E-state index in [-0.39, 0.29) is 0 Å². The Morgan fingerprint density at radius 2 is 1.75 bits per heavy atom. The Bertz CT molecular complexity index is 378. The summed E-state index contributed by atoms with van der Waals surface area (Å²) < 4.78 is 0. The average molecular weight is 214 g/mol. The Hall–Kier alpha value is -1.57. The molecule has 1 heterocycles. The first-order chi connectivity index (χ1) is 7.95. The standard InChI is InChI=1S/C14H18N2/c1-3-7-13(8-4-1)9-5-2-6-10-14-11-15-12-16-14/h1,3-4,7-8,11-12H,2,5-6,9-10H2,(H,15,16). The van der Waals surface area contributed by atoms with E-state index in [0.29, 0.717) is 0 Å². The molecule has 1 aromatic heterocycles. The van der Waals surface area contributed by atoms with Crippen LogP contribution in [0.4, 0.5) is 0 Å².